The summed E-state index contributed by atoms with van der Waals surface area (Å²) in [4.78, 5) is 40.3. The minimum Gasteiger partial charge on any atom is -0.508 e. The van der Waals surface area contributed by atoms with Gasteiger partial charge < -0.3 is 30.5 Å². The van der Waals surface area contributed by atoms with Crippen LogP contribution in [0.3, 0.4) is 0 Å². The number of benzene rings is 1. The summed E-state index contributed by atoms with van der Waals surface area (Å²) in [6.07, 6.45) is 1.50. The van der Waals surface area contributed by atoms with Crippen LogP contribution >= 0.6 is 0 Å². The van der Waals surface area contributed by atoms with Crippen molar-refractivity contribution in [2.45, 2.75) is 84.5 Å². The van der Waals surface area contributed by atoms with Gasteiger partial charge >= 0.3 is 6.09 Å². The van der Waals surface area contributed by atoms with Gasteiger partial charge in [0.15, 0.2) is 0 Å². The van der Waals surface area contributed by atoms with Crippen LogP contribution in [0.5, 0.6) is 5.75 Å². The Morgan fingerprint density at radius 2 is 1.79 bits per heavy atom. The minimum atomic E-state index is -1.30. The molecule has 2 atom stereocenters. The number of hydrogen-bond acceptors (Lipinski definition) is 6. The number of hydrogen-bond donors (Lipinski definition) is 4. The van der Waals surface area contributed by atoms with E-state index in [1.165, 1.54) is 17.0 Å². The SMILES string of the molecule is CCCCCN(C(=O)C(CO)NC(=O)OC(C)(C)C)C(C(=O)NC(C)C)c1cccc(O)c1. The Balaban J connectivity index is 3.35. The number of phenols is 1. The van der Waals surface area contributed by atoms with Crippen LogP contribution in [0.15, 0.2) is 24.3 Å². The number of aromatic hydroxyl groups is 1. The van der Waals surface area contributed by atoms with E-state index in [0.29, 0.717) is 12.0 Å². The maximum Gasteiger partial charge on any atom is 0.408 e. The zero-order valence-electron chi connectivity index (χ0n) is 20.6. The lowest BCUT2D eigenvalue weighted by molar-refractivity contribution is -0.143. The number of amides is 3. The van der Waals surface area contributed by atoms with E-state index in [2.05, 4.69) is 10.6 Å². The summed E-state index contributed by atoms with van der Waals surface area (Å²) in [5.41, 5.74) is -0.359. The van der Waals surface area contributed by atoms with Crippen LogP contribution < -0.4 is 10.6 Å². The number of unbranched alkanes of at least 4 members (excludes halogenated alkanes) is 2. The number of aliphatic hydroxyl groups excluding tert-OH is 1. The van der Waals surface area contributed by atoms with E-state index in [4.69, 9.17) is 4.74 Å². The Kier molecular flexibility index (Phi) is 11.1. The molecule has 2 unspecified atom stereocenters. The molecular formula is C24H39N3O6. The summed E-state index contributed by atoms with van der Waals surface area (Å²) in [7, 11) is 0. The normalized spacial score (nSPS) is 13.2. The molecule has 0 spiro atoms. The minimum absolute atomic E-state index is 0.0404. The molecule has 1 rings (SSSR count). The zero-order chi connectivity index (χ0) is 25.2. The largest absolute Gasteiger partial charge is 0.508 e. The van der Waals surface area contributed by atoms with Crippen molar-refractivity contribution in [2.24, 2.45) is 0 Å². The number of carbonyl (C=O) groups excluding carboxylic acids is 3. The van der Waals surface area contributed by atoms with Gasteiger partial charge in [0, 0.05) is 12.6 Å². The summed E-state index contributed by atoms with van der Waals surface area (Å²) in [6.45, 7) is 10.3. The number of carbonyl (C=O) groups is 3. The van der Waals surface area contributed by atoms with Gasteiger partial charge in [0.05, 0.1) is 6.61 Å². The Labute approximate surface area is 196 Å². The second-order valence-corrected chi connectivity index (χ2v) is 9.28. The van der Waals surface area contributed by atoms with Crippen LogP contribution in [0.2, 0.25) is 0 Å². The van der Waals surface area contributed by atoms with Gasteiger partial charge in [0.1, 0.15) is 23.4 Å². The molecule has 3 amide bonds. The second kappa shape index (κ2) is 13.0. The quantitative estimate of drug-likeness (QED) is 0.372. The third-order valence-corrected chi connectivity index (χ3v) is 4.63. The van der Waals surface area contributed by atoms with E-state index in [9.17, 15) is 24.6 Å². The molecule has 0 radical (unpaired) electrons. The van der Waals surface area contributed by atoms with E-state index < -0.39 is 42.2 Å². The monoisotopic (exact) mass is 465 g/mol. The summed E-state index contributed by atoms with van der Waals surface area (Å²) in [6, 6.07) is 3.62. The lowest BCUT2D eigenvalue weighted by atomic mass is 10.0. The van der Waals surface area contributed by atoms with Gasteiger partial charge in [-0.2, -0.15) is 0 Å². The average molecular weight is 466 g/mol. The molecule has 33 heavy (non-hydrogen) atoms. The van der Waals surface area contributed by atoms with Gasteiger partial charge in [0.2, 0.25) is 11.8 Å². The highest BCUT2D eigenvalue weighted by molar-refractivity contribution is 5.92. The van der Waals surface area contributed by atoms with Crippen LogP contribution in [0.1, 0.15) is 72.4 Å². The lowest BCUT2D eigenvalue weighted by Crippen LogP contribution is -2.55. The Morgan fingerprint density at radius 3 is 2.30 bits per heavy atom. The van der Waals surface area contributed by atoms with Crippen molar-refractivity contribution < 1.29 is 29.3 Å². The van der Waals surface area contributed by atoms with Crippen molar-refractivity contribution in [2.75, 3.05) is 13.2 Å². The third-order valence-electron chi connectivity index (χ3n) is 4.63. The molecule has 0 aromatic heterocycles. The first kappa shape index (κ1) is 28.2. The molecule has 186 valence electrons. The number of aliphatic hydroxyl groups is 1. The molecule has 0 aliphatic heterocycles. The molecule has 0 heterocycles. The van der Waals surface area contributed by atoms with Gasteiger partial charge in [-0.25, -0.2) is 4.79 Å². The lowest BCUT2D eigenvalue weighted by Gasteiger charge is -2.34. The molecule has 1 aromatic carbocycles. The topological polar surface area (TPSA) is 128 Å². The van der Waals surface area contributed by atoms with Crippen molar-refractivity contribution in [1.82, 2.24) is 15.5 Å². The van der Waals surface area contributed by atoms with Gasteiger partial charge in [-0.05, 0) is 58.7 Å². The number of nitrogens with zero attached hydrogens (tertiary/aromatic N) is 1. The first-order chi connectivity index (χ1) is 15.4. The number of ether oxygens (including phenoxy) is 1. The van der Waals surface area contributed by atoms with E-state index >= 15 is 0 Å². The molecule has 0 saturated carbocycles. The molecule has 1 aromatic rings. The maximum atomic E-state index is 13.5. The van der Waals surface area contributed by atoms with Crippen LogP contribution in [-0.4, -0.2) is 63.9 Å². The predicted molar refractivity (Wildman–Crippen MR) is 126 cm³/mol. The second-order valence-electron chi connectivity index (χ2n) is 9.28. The molecule has 0 aliphatic rings. The van der Waals surface area contributed by atoms with Crippen molar-refractivity contribution >= 4 is 17.9 Å². The van der Waals surface area contributed by atoms with Crippen molar-refractivity contribution in [3.63, 3.8) is 0 Å². The highest BCUT2D eigenvalue weighted by atomic mass is 16.6. The number of nitrogens with one attached hydrogen (secondary N) is 2. The van der Waals surface area contributed by atoms with E-state index in [1.54, 1.807) is 46.8 Å². The van der Waals surface area contributed by atoms with Crippen LogP contribution in [0.4, 0.5) is 4.79 Å². The summed E-state index contributed by atoms with van der Waals surface area (Å²) in [5.74, 6) is -1.08. The number of alkyl carbamates (subject to hydrolysis) is 1. The Hall–Kier alpha value is -2.81. The van der Waals surface area contributed by atoms with Crippen LogP contribution in [0, 0.1) is 0 Å². The molecule has 0 saturated heterocycles. The molecular weight excluding hydrogens is 426 g/mol. The molecule has 9 heteroatoms. The standard InChI is InChI=1S/C24H39N3O6/c1-7-8-9-13-27(22(31)19(15-28)26-23(32)33-24(4,5)6)20(21(30)25-16(2)3)17-11-10-12-18(29)14-17/h10-12,14,16,19-20,28-29H,7-9,13,15H2,1-6H3,(H,25,30)(H,26,32). The fourth-order valence-electron chi connectivity index (χ4n) is 3.27. The first-order valence-corrected chi connectivity index (χ1v) is 11.4. The van der Waals surface area contributed by atoms with Gasteiger partial charge in [-0.3, -0.25) is 9.59 Å². The van der Waals surface area contributed by atoms with Gasteiger partial charge in [0.25, 0.3) is 0 Å². The van der Waals surface area contributed by atoms with E-state index in [0.717, 1.165) is 12.8 Å². The predicted octanol–water partition coefficient (Wildman–Crippen LogP) is 2.86. The number of phenolic OH excluding ortho intramolecular Hbond substituents is 1. The molecule has 0 aliphatic carbocycles. The fourth-order valence-corrected chi connectivity index (χ4v) is 3.27. The van der Waals surface area contributed by atoms with Crippen LogP contribution in [-0.2, 0) is 14.3 Å². The first-order valence-electron chi connectivity index (χ1n) is 11.4. The van der Waals surface area contributed by atoms with Crippen molar-refractivity contribution in [3.8, 4) is 5.75 Å². The molecule has 4 N–H and O–H groups in total. The maximum absolute atomic E-state index is 13.5. The summed E-state index contributed by atoms with van der Waals surface area (Å²) in [5, 5.41) is 25.1. The summed E-state index contributed by atoms with van der Waals surface area (Å²) < 4.78 is 5.22. The van der Waals surface area contributed by atoms with E-state index in [-0.39, 0.29) is 18.3 Å². The van der Waals surface area contributed by atoms with Gasteiger partial charge in [-0.1, -0.05) is 31.9 Å². The zero-order valence-corrected chi connectivity index (χ0v) is 20.6. The van der Waals surface area contributed by atoms with E-state index in [1.807, 2.05) is 6.92 Å². The Bertz CT molecular complexity index is 791. The molecule has 9 nitrogen and oxygen atoms in total. The highest BCUT2D eigenvalue weighted by Crippen LogP contribution is 2.26. The highest BCUT2D eigenvalue weighted by Gasteiger charge is 2.36. The Morgan fingerprint density at radius 1 is 1.12 bits per heavy atom. The van der Waals surface area contributed by atoms with Crippen molar-refractivity contribution in [3.05, 3.63) is 29.8 Å². The van der Waals surface area contributed by atoms with Gasteiger partial charge in [-0.15, -0.1) is 0 Å². The fraction of sp³-hybridized carbons (Fsp3) is 0.625. The smallest absolute Gasteiger partial charge is 0.408 e. The molecule has 0 bridgehead atoms. The van der Waals surface area contributed by atoms with Crippen molar-refractivity contribution in [1.29, 1.82) is 0 Å². The number of rotatable bonds is 11. The summed E-state index contributed by atoms with van der Waals surface area (Å²) >= 11 is 0. The van der Waals surface area contributed by atoms with Crippen LogP contribution in [0.25, 0.3) is 0 Å². The third kappa shape index (κ3) is 9.69. The average Bonchev–Trinajstić information content (AvgIpc) is 2.69. The molecule has 0 fully saturated rings.